The van der Waals surface area contributed by atoms with E-state index in [0.717, 1.165) is 22.2 Å². The molecule has 1 aliphatic rings. The maximum Gasteiger partial charge on any atom is 0.326 e. The quantitative estimate of drug-likeness (QED) is 0.302. The first-order valence-corrected chi connectivity index (χ1v) is 11.9. The molecule has 0 aromatic heterocycles. The van der Waals surface area contributed by atoms with E-state index in [2.05, 4.69) is 0 Å². The van der Waals surface area contributed by atoms with Crippen molar-refractivity contribution < 1.29 is 28.6 Å². The molecule has 0 atom stereocenters. The molecule has 180 valence electrons. The van der Waals surface area contributed by atoms with Gasteiger partial charge < -0.3 is 14.2 Å². The summed E-state index contributed by atoms with van der Waals surface area (Å²) in [5.74, 6) is -0.0970. The van der Waals surface area contributed by atoms with Gasteiger partial charge in [0.2, 0.25) is 0 Å². The van der Waals surface area contributed by atoms with Crippen molar-refractivity contribution in [2.24, 2.45) is 5.92 Å². The number of rotatable bonds is 9. The molecule has 7 nitrogen and oxygen atoms in total. The summed E-state index contributed by atoms with van der Waals surface area (Å²) in [4.78, 5) is 37.9. The van der Waals surface area contributed by atoms with Crippen LogP contribution in [0.5, 0.6) is 11.5 Å². The van der Waals surface area contributed by atoms with Gasteiger partial charge in [-0.1, -0.05) is 49.2 Å². The SMILES string of the molecule is COc1cc(/C=C2/SC(=O)N(CC(=O)OCC(C)C)C2=O)ccc1OCc1ccc(Cl)cc1Cl. The van der Waals surface area contributed by atoms with E-state index in [0.29, 0.717) is 27.1 Å². The number of amides is 2. The molecule has 1 saturated heterocycles. The van der Waals surface area contributed by atoms with Gasteiger partial charge in [-0.15, -0.1) is 0 Å². The van der Waals surface area contributed by atoms with Crippen LogP contribution in [0.1, 0.15) is 25.0 Å². The van der Waals surface area contributed by atoms with Gasteiger partial charge >= 0.3 is 5.97 Å². The Kier molecular flexibility index (Phi) is 8.88. The number of hydrogen-bond acceptors (Lipinski definition) is 7. The lowest BCUT2D eigenvalue weighted by molar-refractivity contribution is -0.147. The lowest BCUT2D eigenvalue weighted by Crippen LogP contribution is -2.34. The number of benzene rings is 2. The van der Waals surface area contributed by atoms with E-state index in [1.807, 2.05) is 13.8 Å². The van der Waals surface area contributed by atoms with Crippen LogP contribution in [0.3, 0.4) is 0 Å². The number of halogens is 2. The normalized spacial score (nSPS) is 14.8. The van der Waals surface area contributed by atoms with E-state index in [1.54, 1.807) is 42.5 Å². The third-order valence-electron chi connectivity index (χ3n) is 4.62. The fourth-order valence-electron chi connectivity index (χ4n) is 2.91. The van der Waals surface area contributed by atoms with Crippen molar-refractivity contribution in [3.05, 3.63) is 62.5 Å². The van der Waals surface area contributed by atoms with Crippen molar-refractivity contribution in [3.8, 4) is 11.5 Å². The second kappa shape index (κ2) is 11.6. The summed E-state index contributed by atoms with van der Waals surface area (Å²) in [6.07, 6.45) is 1.56. The summed E-state index contributed by atoms with van der Waals surface area (Å²) < 4.78 is 16.3. The van der Waals surface area contributed by atoms with Gasteiger partial charge in [0.1, 0.15) is 13.2 Å². The number of hydrogen-bond donors (Lipinski definition) is 0. The number of carbonyl (C=O) groups excluding carboxylic acids is 3. The maximum atomic E-state index is 12.7. The Morgan fingerprint density at radius 1 is 1.12 bits per heavy atom. The predicted molar refractivity (Wildman–Crippen MR) is 132 cm³/mol. The molecule has 10 heteroatoms. The number of ether oxygens (including phenoxy) is 3. The van der Waals surface area contributed by atoms with E-state index >= 15 is 0 Å². The number of carbonyl (C=O) groups is 3. The smallest absolute Gasteiger partial charge is 0.326 e. The van der Waals surface area contributed by atoms with Gasteiger partial charge in [0.15, 0.2) is 11.5 Å². The Hall–Kier alpha value is -2.68. The van der Waals surface area contributed by atoms with Crippen molar-refractivity contribution in [3.63, 3.8) is 0 Å². The van der Waals surface area contributed by atoms with Crippen molar-refractivity contribution in [1.82, 2.24) is 4.90 Å². The van der Waals surface area contributed by atoms with Crippen molar-refractivity contribution in [2.45, 2.75) is 20.5 Å². The van der Waals surface area contributed by atoms with Gasteiger partial charge in [0.25, 0.3) is 11.1 Å². The Balaban J connectivity index is 1.70. The second-order valence-electron chi connectivity index (χ2n) is 7.78. The van der Waals surface area contributed by atoms with Gasteiger partial charge in [-0.05, 0) is 53.6 Å². The lowest BCUT2D eigenvalue weighted by atomic mass is 10.1. The largest absolute Gasteiger partial charge is 0.493 e. The van der Waals surface area contributed by atoms with Crippen LogP contribution in [-0.4, -0.2) is 42.3 Å². The van der Waals surface area contributed by atoms with Gasteiger partial charge in [-0.25, -0.2) is 0 Å². The number of thioether (sulfide) groups is 1. The monoisotopic (exact) mass is 523 g/mol. The fraction of sp³-hybridized carbons (Fsp3) is 0.292. The number of methoxy groups -OCH3 is 1. The first-order valence-electron chi connectivity index (χ1n) is 10.3. The zero-order chi connectivity index (χ0) is 24.8. The molecule has 0 saturated carbocycles. The minimum absolute atomic E-state index is 0.156. The van der Waals surface area contributed by atoms with Crippen LogP contribution in [0.15, 0.2) is 41.3 Å². The summed E-state index contributed by atoms with van der Waals surface area (Å²) >= 11 is 12.9. The van der Waals surface area contributed by atoms with E-state index < -0.39 is 23.7 Å². The zero-order valence-corrected chi connectivity index (χ0v) is 21.1. The molecule has 0 N–H and O–H groups in total. The molecule has 2 amide bonds. The van der Waals surface area contributed by atoms with Crippen molar-refractivity contribution in [2.75, 3.05) is 20.3 Å². The summed E-state index contributed by atoms with van der Waals surface area (Å²) in [6, 6.07) is 10.3. The molecule has 0 aliphatic carbocycles. The van der Waals surface area contributed by atoms with Crippen molar-refractivity contribution in [1.29, 1.82) is 0 Å². The summed E-state index contributed by atoms with van der Waals surface area (Å²) in [6.45, 7) is 3.81. The topological polar surface area (TPSA) is 82.1 Å². The Labute approximate surface area is 211 Å². The number of esters is 1. The average molecular weight is 524 g/mol. The molecule has 0 bridgehead atoms. The Bertz CT molecular complexity index is 1130. The van der Waals surface area contributed by atoms with E-state index in [4.69, 9.17) is 37.4 Å². The van der Waals surface area contributed by atoms with Crippen LogP contribution in [0.2, 0.25) is 10.0 Å². The van der Waals surface area contributed by atoms with Crippen LogP contribution < -0.4 is 9.47 Å². The molecule has 2 aromatic carbocycles. The first kappa shape index (κ1) is 25.9. The highest BCUT2D eigenvalue weighted by Gasteiger charge is 2.36. The first-order chi connectivity index (χ1) is 16.2. The third kappa shape index (κ3) is 6.68. The molecule has 0 spiro atoms. The molecule has 1 heterocycles. The predicted octanol–water partition coefficient (Wildman–Crippen LogP) is 5.82. The van der Waals surface area contributed by atoms with E-state index in [9.17, 15) is 14.4 Å². The Morgan fingerprint density at radius 2 is 1.88 bits per heavy atom. The standard InChI is InChI=1S/C24H23Cl2NO6S/c1-14(2)12-33-22(28)11-27-23(29)21(34-24(27)30)9-15-4-7-19(20(8-15)31-3)32-13-16-5-6-17(25)10-18(16)26/h4-10,14H,11-13H2,1-3H3/b21-9+. The average Bonchev–Trinajstić information content (AvgIpc) is 3.04. The maximum absolute atomic E-state index is 12.7. The lowest BCUT2D eigenvalue weighted by Gasteiger charge is -2.13. The van der Waals surface area contributed by atoms with Crippen LogP contribution in [0.4, 0.5) is 4.79 Å². The summed E-state index contributed by atoms with van der Waals surface area (Å²) in [5, 5.41) is 0.504. The highest BCUT2D eigenvalue weighted by Crippen LogP contribution is 2.35. The molecule has 0 radical (unpaired) electrons. The molecule has 0 unspecified atom stereocenters. The minimum atomic E-state index is -0.624. The molecule has 3 rings (SSSR count). The van der Waals surface area contributed by atoms with Crippen LogP contribution in [0.25, 0.3) is 6.08 Å². The number of nitrogens with zero attached hydrogens (tertiary/aromatic N) is 1. The second-order valence-corrected chi connectivity index (χ2v) is 9.62. The molecular formula is C24H23Cl2NO6S. The van der Waals surface area contributed by atoms with Crippen LogP contribution in [0, 0.1) is 5.92 Å². The van der Waals surface area contributed by atoms with Crippen LogP contribution >= 0.6 is 35.0 Å². The minimum Gasteiger partial charge on any atom is -0.493 e. The van der Waals surface area contributed by atoms with Gasteiger partial charge in [0.05, 0.1) is 18.6 Å². The van der Waals surface area contributed by atoms with Gasteiger partial charge in [-0.3, -0.25) is 19.3 Å². The van der Waals surface area contributed by atoms with Gasteiger partial charge in [0, 0.05) is 15.6 Å². The van der Waals surface area contributed by atoms with E-state index in [1.165, 1.54) is 7.11 Å². The molecule has 2 aromatic rings. The summed E-state index contributed by atoms with van der Waals surface area (Å²) in [5.41, 5.74) is 1.39. The fourth-order valence-corrected chi connectivity index (χ4v) is 4.21. The Morgan fingerprint density at radius 3 is 2.56 bits per heavy atom. The van der Waals surface area contributed by atoms with Crippen LogP contribution in [-0.2, 0) is 20.9 Å². The zero-order valence-electron chi connectivity index (χ0n) is 18.8. The van der Waals surface area contributed by atoms with E-state index in [-0.39, 0.29) is 24.0 Å². The molecule has 1 fully saturated rings. The molecule has 34 heavy (non-hydrogen) atoms. The number of imide groups is 1. The molecule has 1 aliphatic heterocycles. The highest BCUT2D eigenvalue weighted by molar-refractivity contribution is 8.18. The highest BCUT2D eigenvalue weighted by atomic mass is 35.5. The third-order valence-corrected chi connectivity index (χ3v) is 6.12. The van der Waals surface area contributed by atoms with Gasteiger partial charge in [-0.2, -0.15) is 0 Å². The summed E-state index contributed by atoms with van der Waals surface area (Å²) in [7, 11) is 1.50. The van der Waals surface area contributed by atoms with Crippen molar-refractivity contribution >= 4 is 58.2 Å². The molecular weight excluding hydrogens is 501 g/mol.